The molecule has 0 aliphatic rings. The third-order valence-electron chi connectivity index (χ3n) is 3.08. The molecule has 0 saturated carbocycles. The number of carbonyl (C=O) groups is 1. The lowest BCUT2D eigenvalue weighted by atomic mass is 10.1. The summed E-state index contributed by atoms with van der Waals surface area (Å²) >= 11 is 1.41. The van der Waals surface area contributed by atoms with Crippen molar-refractivity contribution in [1.82, 2.24) is 4.98 Å². The van der Waals surface area contributed by atoms with Crippen LogP contribution >= 0.6 is 11.3 Å². The molecule has 3 nitrogen and oxygen atoms in total. The predicted octanol–water partition coefficient (Wildman–Crippen LogP) is 3.94. The molecule has 0 amide bonds. The largest absolute Gasteiger partial charge is 0.400 e. The van der Waals surface area contributed by atoms with E-state index < -0.39 is 0 Å². The number of rotatable bonds is 5. The Morgan fingerprint density at radius 3 is 2.33 bits per heavy atom. The Morgan fingerprint density at radius 1 is 1.00 bits per heavy atom. The van der Waals surface area contributed by atoms with Gasteiger partial charge in [-0.1, -0.05) is 72.0 Å². The van der Waals surface area contributed by atoms with Crippen LogP contribution in [-0.4, -0.2) is 11.5 Å². The Kier molecular flexibility index (Phi) is 4.07. The molecule has 0 unspecified atom stereocenters. The number of hydrogen-bond acceptors (Lipinski definition) is 4. The minimum absolute atomic E-state index is 0.384. The van der Waals surface area contributed by atoms with E-state index in [4.69, 9.17) is 4.74 Å². The molecule has 0 bridgehead atoms. The highest BCUT2D eigenvalue weighted by Crippen LogP contribution is 2.33. The van der Waals surface area contributed by atoms with Gasteiger partial charge in [-0.3, -0.25) is 4.79 Å². The van der Waals surface area contributed by atoms with Crippen LogP contribution in [-0.2, 0) is 11.2 Å². The fourth-order valence-corrected chi connectivity index (χ4v) is 3.08. The van der Waals surface area contributed by atoms with Crippen molar-refractivity contribution >= 4 is 17.8 Å². The summed E-state index contributed by atoms with van der Waals surface area (Å²) in [6.07, 6.45) is 0.769. The molecule has 1 aromatic heterocycles. The van der Waals surface area contributed by atoms with Crippen LogP contribution in [0, 0.1) is 0 Å². The molecular formula is C17H13NO2S. The van der Waals surface area contributed by atoms with Gasteiger partial charge in [-0.25, -0.2) is 4.98 Å². The van der Waals surface area contributed by atoms with Gasteiger partial charge in [0.1, 0.15) is 0 Å². The zero-order chi connectivity index (χ0) is 14.5. The zero-order valence-electron chi connectivity index (χ0n) is 11.2. The van der Waals surface area contributed by atoms with E-state index in [1.807, 2.05) is 48.5 Å². The van der Waals surface area contributed by atoms with Crippen molar-refractivity contribution in [3.8, 4) is 16.5 Å². The Hall–Kier alpha value is -2.46. The summed E-state index contributed by atoms with van der Waals surface area (Å²) in [5.41, 5.74) is 3.11. The lowest BCUT2D eigenvalue weighted by molar-refractivity contribution is -0.120. The SMILES string of the molecule is O=COc1nc(-c2ccccc2)c(Cc2ccccc2)s1. The number of hydrogen-bond donors (Lipinski definition) is 0. The van der Waals surface area contributed by atoms with E-state index in [9.17, 15) is 4.79 Å². The van der Waals surface area contributed by atoms with Crippen LogP contribution in [0.2, 0.25) is 0 Å². The van der Waals surface area contributed by atoms with Gasteiger partial charge >= 0.3 is 0 Å². The minimum Gasteiger partial charge on any atom is -0.400 e. The second-order valence-corrected chi connectivity index (χ2v) is 5.54. The molecule has 0 spiro atoms. The first-order chi connectivity index (χ1) is 10.4. The molecule has 0 aliphatic carbocycles. The molecule has 0 radical (unpaired) electrons. The molecule has 0 saturated heterocycles. The first kappa shape index (κ1) is 13.5. The summed E-state index contributed by atoms with van der Waals surface area (Å²) in [5.74, 6) is 0. The predicted molar refractivity (Wildman–Crippen MR) is 83.5 cm³/mol. The lowest BCUT2D eigenvalue weighted by Crippen LogP contribution is -1.89. The summed E-state index contributed by atoms with van der Waals surface area (Å²) in [6.45, 7) is 0.417. The number of carbonyl (C=O) groups excluding carboxylic acids is 1. The third kappa shape index (κ3) is 3.17. The van der Waals surface area contributed by atoms with Gasteiger partial charge < -0.3 is 4.74 Å². The van der Waals surface area contributed by atoms with Crippen molar-refractivity contribution in [1.29, 1.82) is 0 Å². The van der Waals surface area contributed by atoms with E-state index in [1.165, 1.54) is 16.9 Å². The fourth-order valence-electron chi connectivity index (χ4n) is 2.14. The summed E-state index contributed by atoms with van der Waals surface area (Å²) in [4.78, 5) is 16.1. The average Bonchev–Trinajstić information content (AvgIpc) is 2.92. The number of benzene rings is 2. The molecular weight excluding hydrogens is 282 g/mol. The molecule has 0 fully saturated rings. The van der Waals surface area contributed by atoms with E-state index >= 15 is 0 Å². The first-order valence-electron chi connectivity index (χ1n) is 6.56. The Labute approximate surface area is 126 Å². The third-order valence-corrected chi connectivity index (χ3v) is 4.03. The molecule has 3 rings (SSSR count). The van der Waals surface area contributed by atoms with Gasteiger partial charge in [0, 0.05) is 16.9 Å². The molecule has 21 heavy (non-hydrogen) atoms. The summed E-state index contributed by atoms with van der Waals surface area (Å²) in [6, 6.07) is 20.1. The van der Waals surface area contributed by atoms with Crippen LogP contribution in [0.25, 0.3) is 11.3 Å². The van der Waals surface area contributed by atoms with E-state index in [-0.39, 0.29) is 0 Å². The number of aromatic nitrogens is 1. The smallest absolute Gasteiger partial charge is 0.300 e. The van der Waals surface area contributed by atoms with Crippen molar-refractivity contribution in [2.75, 3.05) is 0 Å². The summed E-state index contributed by atoms with van der Waals surface area (Å²) in [5, 5.41) is 0.384. The van der Waals surface area contributed by atoms with Crippen LogP contribution < -0.4 is 4.74 Å². The second-order valence-electron chi connectivity index (χ2n) is 4.49. The highest BCUT2D eigenvalue weighted by atomic mass is 32.1. The molecule has 3 aromatic rings. The van der Waals surface area contributed by atoms with Crippen molar-refractivity contribution in [2.24, 2.45) is 0 Å². The van der Waals surface area contributed by atoms with E-state index in [0.29, 0.717) is 11.7 Å². The van der Waals surface area contributed by atoms with Crippen LogP contribution in [0.15, 0.2) is 60.7 Å². The second kappa shape index (κ2) is 6.33. The molecule has 104 valence electrons. The van der Waals surface area contributed by atoms with E-state index in [0.717, 1.165) is 22.6 Å². The number of ether oxygens (including phenoxy) is 1. The van der Waals surface area contributed by atoms with Crippen molar-refractivity contribution in [2.45, 2.75) is 6.42 Å². The molecule has 1 heterocycles. The van der Waals surface area contributed by atoms with Gasteiger partial charge in [-0.15, -0.1) is 0 Å². The van der Waals surface area contributed by atoms with Gasteiger partial charge in [0.05, 0.1) is 5.69 Å². The quantitative estimate of drug-likeness (QED) is 0.669. The van der Waals surface area contributed by atoms with Gasteiger partial charge in [0.25, 0.3) is 11.7 Å². The Balaban J connectivity index is 1.99. The monoisotopic (exact) mass is 295 g/mol. The Morgan fingerprint density at radius 2 is 1.67 bits per heavy atom. The van der Waals surface area contributed by atoms with Gasteiger partial charge in [-0.2, -0.15) is 0 Å². The van der Waals surface area contributed by atoms with E-state index in [2.05, 4.69) is 17.1 Å². The van der Waals surface area contributed by atoms with Gasteiger partial charge in [-0.05, 0) is 5.56 Å². The molecule has 4 heteroatoms. The zero-order valence-corrected chi connectivity index (χ0v) is 12.0. The fraction of sp³-hybridized carbons (Fsp3) is 0.0588. The molecule has 0 aliphatic heterocycles. The standard InChI is InChI=1S/C17H13NO2S/c19-12-20-17-18-16(14-9-5-2-6-10-14)15(21-17)11-13-7-3-1-4-8-13/h1-10,12H,11H2. The highest BCUT2D eigenvalue weighted by Gasteiger charge is 2.14. The normalized spacial score (nSPS) is 10.3. The maximum absolute atomic E-state index is 10.5. The average molecular weight is 295 g/mol. The van der Waals surface area contributed by atoms with Crippen LogP contribution in [0.3, 0.4) is 0 Å². The van der Waals surface area contributed by atoms with Gasteiger partial charge in [0.15, 0.2) is 0 Å². The summed E-state index contributed by atoms with van der Waals surface area (Å²) in [7, 11) is 0. The van der Waals surface area contributed by atoms with Crippen LogP contribution in [0.1, 0.15) is 10.4 Å². The topological polar surface area (TPSA) is 39.2 Å². The number of nitrogens with zero attached hydrogens (tertiary/aromatic N) is 1. The van der Waals surface area contributed by atoms with Gasteiger partial charge in [0.2, 0.25) is 0 Å². The molecule has 2 aromatic carbocycles. The highest BCUT2D eigenvalue weighted by molar-refractivity contribution is 7.13. The van der Waals surface area contributed by atoms with E-state index in [1.54, 1.807) is 0 Å². The molecule has 0 N–H and O–H groups in total. The van der Waals surface area contributed by atoms with Crippen molar-refractivity contribution in [3.63, 3.8) is 0 Å². The van der Waals surface area contributed by atoms with Crippen molar-refractivity contribution < 1.29 is 9.53 Å². The van der Waals surface area contributed by atoms with Crippen LogP contribution in [0.5, 0.6) is 5.19 Å². The molecule has 0 atom stereocenters. The maximum Gasteiger partial charge on any atom is 0.300 e. The maximum atomic E-state index is 10.5. The van der Waals surface area contributed by atoms with Crippen LogP contribution in [0.4, 0.5) is 0 Å². The minimum atomic E-state index is 0.384. The first-order valence-corrected chi connectivity index (χ1v) is 7.38. The van der Waals surface area contributed by atoms with Crippen molar-refractivity contribution in [3.05, 3.63) is 71.1 Å². The number of thiazole rings is 1. The summed E-state index contributed by atoms with van der Waals surface area (Å²) < 4.78 is 4.91. The lowest BCUT2D eigenvalue weighted by Gasteiger charge is -2.02. The Bertz CT molecular complexity index is 723.